The molecule has 0 amide bonds. The van der Waals surface area contributed by atoms with Gasteiger partial charge in [0, 0.05) is 12.8 Å². The number of aryl methyl sites for hydroxylation is 3. The fraction of sp³-hybridized carbons (Fsp3) is 0.462. The number of benzene rings is 1. The smallest absolute Gasteiger partial charge is 0.137 e. The van der Waals surface area contributed by atoms with Crippen molar-refractivity contribution in [2.75, 3.05) is 0 Å². The van der Waals surface area contributed by atoms with E-state index in [1.807, 2.05) is 0 Å². The number of carbonyl (C=O) groups excluding carboxylic acids is 1. The van der Waals surface area contributed by atoms with E-state index in [0.717, 1.165) is 12.8 Å². The normalized spacial score (nSPS) is 19.3. The number of carbonyl (C=O) groups is 1. The van der Waals surface area contributed by atoms with Crippen LogP contribution in [0.3, 0.4) is 0 Å². The van der Waals surface area contributed by atoms with Crippen molar-refractivity contribution in [3.05, 3.63) is 34.4 Å². The van der Waals surface area contributed by atoms with Crippen LogP contribution in [-0.4, -0.2) is 5.78 Å². The van der Waals surface area contributed by atoms with Crippen LogP contribution in [0.1, 0.15) is 35.1 Å². The molecule has 2 aliphatic carbocycles. The quantitative estimate of drug-likeness (QED) is 0.607. The van der Waals surface area contributed by atoms with E-state index in [4.69, 9.17) is 0 Å². The van der Waals surface area contributed by atoms with Crippen molar-refractivity contribution in [3.8, 4) is 0 Å². The van der Waals surface area contributed by atoms with E-state index in [1.165, 1.54) is 41.5 Å². The summed E-state index contributed by atoms with van der Waals surface area (Å²) in [5.74, 6) is 0.412. The molecule has 0 radical (unpaired) electrons. The summed E-state index contributed by atoms with van der Waals surface area (Å²) in [7, 11) is 0. The Morgan fingerprint density at radius 3 is 2.21 bits per heavy atom. The maximum atomic E-state index is 11.3. The van der Waals surface area contributed by atoms with Crippen molar-refractivity contribution >= 4 is 5.78 Å². The Morgan fingerprint density at radius 1 is 0.786 bits per heavy atom. The van der Waals surface area contributed by atoms with Crippen molar-refractivity contribution in [2.24, 2.45) is 0 Å². The second-order valence-electron chi connectivity index (χ2n) is 4.46. The standard InChI is InChI=1S/C13H14O/c14-13-5-4-11-6-9-2-1-3-10(9)7-12(11)8-13/h6-7H,1-5,8H2. The molecular weight excluding hydrogens is 172 g/mol. The van der Waals surface area contributed by atoms with Gasteiger partial charge in [-0.25, -0.2) is 0 Å². The summed E-state index contributed by atoms with van der Waals surface area (Å²) in [4.78, 5) is 11.3. The minimum Gasteiger partial charge on any atom is -0.299 e. The highest BCUT2D eigenvalue weighted by molar-refractivity contribution is 5.83. The molecule has 72 valence electrons. The van der Waals surface area contributed by atoms with Gasteiger partial charge in [0.15, 0.2) is 0 Å². The average Bonchev–Trinajstić information content (AvgIpc) is 2.61. The molecule has 0 unspecified atom stereocenters. The predicted octanol–water partition coefficient (Wildman–Crippen LogP) is 2.23. The maximum Gasteiger partial charge on any atom is 0.137 e. The molecule has 0 saturated heterocycles. The van der Waals surface area contributed by atoms with Gasteiger partial charge in [-0.05, 0) is 47.9 Å². The highest BCUT2D eigenvalue weighted by Gasteiger charge is 2.19. The topological polar surface area (TPSA) is 17.1 Å². The number of hydrogen-bond acceptors (Lipinski definition) is 1. The molecule has 3 rings (SSSR count). The van der Waals surface area contributed by atoms with Crippen LogP contribution in [0.15, 0.2) is 12.1 Å². The first-order valence-electron chi connectivity index (χ1n) is 5.48. The summed E-state index contributed by atoms with van der Waals surface area (Å²) in [5, 5.41) is 0. The molecule has 0 heterocycles. The molecule has 0 spiro atoms. The zero-order chi connectivity index (χ0) is 9.54. The van der Waals surface area contributed by atoms with Gasteiger partial charge < -0.3 is 0 Å². The average molecular weight is 186 g/mol. The van der Waals surface area contributed by atoms with Crippen LogP contribution in [0.5, 0.6) is 0 Å². The Balaban J connectivity index is 2.10. The molecule has 0 bridgehead atoms. The molecule has 0 saturated carbocycles. The maximum absolute atomic E-state index is 11.3. The number of Topliss-reactive ketones (excluding diaryl/α,β-unsaturated/α-hetero) is 1. The van der Waals surface area contributed by atoms with E-state index in [0.29, 0.717) is 12.2 Å². The third kappa shape index (κ3) is 1.19. The van der Waals surface area contributed by atoms with E-state index in [1.54, 1.807) is 0 Å². The zero-order valence-corrected chi connectivity index (χ0v) is 8.31. The minimum atomic E-state index is 0.412. The number of ketones is 1. The van der Waals surface area contributed by atoms with Crippen LogP contribution >= 0.6 is 0 Å². The molecule has 0 aromatic heterocycles. The van der Waals surface area contributed by atoms with Gasteiger partial charge in [0.2, 0.25) is 0 Å². The molecule has 14 heavy (non-hydrogen) atoms. The van der Waals surface area contributed by atoms with Crippen molar-refractivity contribution in [3.63, 3.8) is 0 Å². The lowest BCUT2D eigenvalue weighted by atomic mass is 9.88. The summed E-state index contributed by atoms with van der Waals surface area (Å²) in [6, 6.07) is 4.64. The van der Waals surface area contributed by atoms with Crippen molar-refractivity contribution < 1.29 is 4.79 Å². The van der Waals surface area contributed by atoms with E-state index in [9.17, 15) is 4.79 Å². The zero-order valence-electron chi connectivity index (χ0n) is 8.31. The molecule has 1 aromatic rings. The molecular formula is C13H14O. The summed E-state index contributed by atoms with van der Waals surface area (Å²) in [6.07, 6.45) is 6.18. The molecule has 1 nitrogen and oxygen atoms in total. The van der Waals surface area contributed by atoms with Gasteiger partial charge in [-0.3, -0.25) is 4.79 Å². The van der Waals surface area contributed by atoms with Crippen molar-refractivity contribution in [1.82, 2.24) is 0 Å². The van der Waals surface area contributed by atoms with Crippen LogP contribution < -0.4 is 0 Å². The van der Waals surface area contributed by atoms with Crippen LogP contribution in [0.25, 0.3) is 0 Å². The first-order valence-corrected chi connectivity index (χ1v) is 5.48. The number of fused-ring (bicyclic) bond motifs is 2. The van der Waals surface area contributed by atoms with Gasteiger partial charge in [-0.15, -0.1) is 0 Å². The predicted molar refractivity (Wildman–Crippen MR) is 55.5 cm³/mol. The van der Waals surface area contributed by atoms with E-state index < -0.39 is 0 Å². The fourth-order valence-electron chi connectivity index (χ4n) is 2.70. The van der Waals surface area contributed by atoms with Gasteiger partial charge in [-0.2, -0.15) is 0 Å². The van der Waals surface area contributed by atoms with E-state index in [2.05, 4.69) is 12.1 Å². The van der Waals surface area contributed by atoms with Crippen LogP contribution in [-0.2, 0) is 30.5 Å². The lowest BCUT2D eigenvalue weighted by molar-refractivity contribution is -0.118. The summed E-state index contributed by atoms with van der Waals surface area (Å²) < 4.78 is 0. The Morgan fingerprint density at radius 2 is 1.43 bits per heavy atom. The van der Waals surface area contributed by atoms with Crippen LogP contribution in [0.4, 0.5) is 0 Å². The Bertz CT molecular complexity index is 404. The molecule has 1 heteroatoms. The summed E-state index contributed by atoms with van der Waals surface area (Å²) >= 11 is 0. The molecule has 0 fully saturated rings. The summed E-state index contributed by atoms with van der Waals surface area (Å²) in [5.41, 5.74) is 5.78. The number of rotatable bonds is 0. The van der Waals surface area contributed by atoms with E-state index in [-0.39, 0.29) is 0 Å². The van der Waals surface area contributed by atoms with Gasteiger partial charge in [0.25, 0.3) is 0 Å². The molecule has 0 atom stereocenters. The highest BCUT2D eigenvalue weighted by atomic mass is 16.1. The first kappa shape index (κ1) is 8.22. The first-order chi connectivity index (χ1) is 6.83. The molecule has 0 N–H and O–H groups in total. The van der Waals surface area contributed by atoms with Crippen molar-refractivity contribution in [1.29, 1.82) is 0 Å². The third-order valence-electron chi connectivity index (χ3n) is 3.47. The second-order valence-corrected chi connectivity index (χ2v) is 4.46. The van der Waals surface area contributed by atoms with Gasteiger partial charge in [-0.1, -0.05) is 12.1 Å². The fourth-order valence-corrected chi connectivity index (χ4v) is 2.70. The number of hydrogen-bond donors (Lipinski definition) is 0. The van der Waals surface area contributed by atoms with Gasteiger partial charge in [0.05, 0.1) is 0 Å². The minimum absolute atomic E-state index is 0.412. The third-order valence-corrected chi connectivity index (χ3v) is 3.47. The lowest BCUT2D eigenvalue weighted by Gasteiger charge is -2.16. The monoisotopic (exact) mass is 186 g/mol. The molecule has 1 aromatic carbocycles. The Kier molecular flexibility index (Phi) is 1.73. The van der Waals surface area contributed by atoms with Crippen LogP contribution in [0.2, 0.25) is 0 Å². The van der Waals surface area contributed by atoms with Crippen molar-refractivity contribution in [2.45, 2.75) is 38.5 Å². The molecule has 0 aliphatic heterocycles. The Labute approximate surface area is 84.1 Å². The lowest BCUT2D eigenvalue weighted by Crippen LogP contribution is -2.13. The highest BCUT2D eigenvalue weighted by Crippen LogP contribution is 2.28. The Hall–Kier alpha value is -1.11. The van der Waals surface area contributed by atoms with E-state index >= 15 is 0 Å². The van der Waals surface area contributed by atoms with Gasteiger partial charge >= 0.3 is 0 Å². The SMILES string of the molecule is O=C1CCc2cc3c(cc2C1)CCC3. The largest absolute Gasteiger partial charge is 0.299 e. The van der Waals surface area contributed by atoms with Crippen LogP contribution in [0, 0.1) is 0 Å². The summed E-state index contributed by atoms with van der Waals surface area (Å²) in [6.45, 7) is 0. The van der Waals surface area contributed by atoms with Gasteiger partial charge in [0.1, 0.15) is 5.78 Å². The molecule has 2 aliphatic rings. The second kappa shape index (κ2) is 2.94.